The number of rotatable bonds is 2. The highest BCUT2D eigenvalue weighted by Gasteiger charge is 1.99. The summed E-state index contributed by atoms with van der Waals surface area (Å²) in [7, 11) is 0. The number of anilines is 1. The van der Waals surface area contributed by atoms with Crippen LogP contribution in [0.4, 0.5) is 5.82 Å². The van der Waals surface area contributed by atoms with Crippen LogP contribution < -0.4 is 5.32 Å². The van der Waals surface area contributed by atoms with E-state index in [0.717, 1.165) is 5.69 Å². The van der Waals surface area contributed by atoms with Gasteiger partial charge in [0.15, 0.2) is 0 Å². The van der Waals surface area contributed by atoms with E-state index in [4.69, 9.17) is 0 Å². The first-order valence-corrected chi connectivity index (χ1v) is 3.81. The molecule has 4 nitrogen and oxygen atoms in total. The molecule has 1 rings (SSSR count). The molecule has 0 aliphatic heterocycles. The van der Waals surface area contributed by atoms with Gasteiger partial charge in [-0.05, 0) is 6.92 Å². The molecule has 0 aliphatic rings. The summed E-state index contributed by atoms with van der Waals surface area (Å²) in [5.74, 6) is 0.530. The molecule has 0 atom stereocenters. The Labute approximate surface area is 71.0 Å². The lowest BCUT2D eigenvalue weighted by molar-refractivity contribution is -0.115. The third kappa shape index (κ3) is 2.30. The molecule has 0 bridgehead atoms. The van der Waals surface area contributed by atoms with Crippen molar-refractivity contribution in [2.24, 2.45) is 0 Å². The number of aryl methyl sites for hydroxylation is 1. The highest BCUT2D eigenvalue weighted by atomic mass is 16.1. The Balaban J connectivity index is 2.69. The molecule has 1 amide bonds. The smallest absolute Gasteiger partial charge is 0.225 e. The third-order valence-corrected chi connectivity index (χ3v) is 1.39. The van der Waals surface area contributed by atoms with Crippen LogP contribution in [0.15, 0.2) is 12.4 Å². The highest BCUT2D eigenvalue weighted by Crippen LogP contribution is 2.02. The van der Waals surface area contributed by atoms with Crippen molar-refractivity contribution in [3.05, 3.63) is 18.1 Å². The number of amides is 1. The Hall–Kier alpha value is -1.45. The molecule has 0 saturated heterocycles. The summed E-state index contributed by atoms with van der Waals surface area (Å²) >= 11 is 0. The van der Waals surface area contributed by atoms with Gasteiger partial charge in [-0.2, -0.15) is 0 Å². The van der Waals surface area contributed by atoms with Crippen LogP contribution in [0.2, 0.25) is 0 Å². The quantitative estimate of drug-likeness (QED) is 0.714. The fraction of sp³-hybridized carbons (Fsp3) is 0.375. The Morgan fingerprint density at radius 3 is 2.92 bits per heavy atom. The largest absolute Gasteiger partial charge is 0.311 e. The lowest BCUT2D eigenvalue weighted by Crippen LogP contribution is -2.10. The van der Waals surface area contributed by atoms with Crippen molar-refractivity contribution in [3.63, 3.8) is 0 Å². The maximum atomic E-state index is 10.9. The number of carbonyl (C=O) groups is 1. The first-order chi connectivity index (χ1) is 5.72. The van der Waals surface area contributed by atoms with Gasteiger partial charge in [0.25, 0.3) is 0 Å². The second-order valence-electron chi connectivity index (χ2n) is 2.45. The standard InChI is InChI=1S/C8H11N3O/c1-3-8(12)11-7-4-6(2)9-5-10-7/h4-5H,3H2,1-2H3,(H,9,10,11,12). The van der Waals surface area contributed by atoms with Crippen LogP contribution in [-0.4, -0.2) is 15.9 Å². The molecule has 0 fully saturated rings. The fourth-order valence-electron chi connectivity index (χ4n) is 0.754. The van der Waals surface area contributed by atoms with E-state index in [1.165, 1.54) is 6.33 Å². The van der Waals surface area contributed by atoms with Crippen molar-refractivity contribution >= 4 is 11.7 Å². The molecular formula is C8H11N3O. The van der Waals surface area contributed by atoms with E-state index >= 15 is 0 Å². The molecule has 1 aromatic heterocycles. The second kappa shape index (κ2) is 3.80. The summed E-state index contributed by atoms with van der Waals surface area (Å²) in [5.41, 5.74) is 0.844. The van der Waals surface area contributed by atoms with Gasteiger partial charge in [-0.15, -0.1) is 0 Å². The molecule has 0 saturated carbocycles. The molecule has 0 aliphatic carbocycles. The summed E-state index contributed by atoms with van der Waals surface area (Å²) in [4.78, 5) is 18.7. The maximum absolute atomic E-state index is 10.9. The van der Waals surface area contributed by atoms with Gasteiger partial charge < -0.3 is 5.32 Å². The number of nitrogens with one attached hydrogen (secondary N) is 1. The lowest BCUT2D eigenvalue weighted by atomic mass is 10.4. The molecule has 1 N–H and O–H groups in total. The van der Waals surface area contributed by atoms with Gasteiger partial charge in [-0.1, -0.05) is 6.92 Å². The Morgan fingerprint density at radius 1 is 1.58 bits per heavy atom. The zero-order valence-electron chi connectivity index (χ0n) is 7.16. The summed E-state index contributed by atoms with van der Waals surface area (Å²) in [6, 6.07) is 1.73. The predicted molar refractivity (Wildman–Crippen MR) is 45.7 cm³/mol. The normalized spacial score (nSPS) is 9.50. The van der Waals surface area contributed by atoms with E-state index < -0.39 is 0 Å². The van der Waals surface area contributed by atoms with Crippen molar-refractivity contribution in [3.8, 4) is 0 Å². The number of nitrogens with zero attached hydrogens (tertiary/aromatic N) is 2. The topological polar surface area (TPSA) is 54.9 Å². The van der Waals surface area contributed by atoms with Crippen LogP contribution in [0, 0.1) is 6.92 Å². The van der Waals surface area contributed by atoms with E-state index in [1.807, 2.05) is 6.92 Å². The highest BCUT2D eigenvalue weighted by molar-refractivity contribution is 5.89. The van der Waals surface area contributed by atoms with Gasteiger partial charge in [0, 0.05) is 18.2 Å². The SMILES string of the molecule is CCC(=O)Nc1cc(C)ncn1. The van der Waals surface area contributed by atoms with Gasteiger partial charge in [0.1, 0.15) is 12.1 Å². The fourth-order valence-corrected chi connectivity index (χ4v) is 0.754. The van der Waals surface area contributed by atoms with E-state index in [2.05, 4.69) is 15.3 Å². The predicted octanol–water partition coefficient (Wildman–Crippen LogP) is 1.13. The second-order valence-corrected chi connectivity index (χ2v) is 2.45. The summed E-state index contributed by atoms with van der Waals surface area (Å²) in [6.45, 7) is 3.65. The molecule has 0 spiro atoms. The van der Waals surface area contributed by atoms with Crippen LogP contribution in [0.1, 0.15) is 19.0 Å². The van der Waals surface area contributed by atoms with Gasteiger partial charge in [-0.25, -0.2) is 9.97 Å². The van der Waals surface area contributed by atoms with Gasteiger partial charge in [0.2, 0.25) is 5.91 Å². The zero-order chi connectivity index (χ0) is 8.97. The van der Waals surface area contributed by atoms with Crippen molar-refractivity contribution in [2.45, 2.75) is 20.3 Å². The third-order valence-electron chi connectivity index (χ3n) is 1.39. The van der Waals surface area contributed by atoms with Crippen LogP contribution in [0.5, 0.6) is 0 Å². The van der Waals surface area contributed by atoms with Crippen molar-refractivity contribution in [1.29, 1.82) is 0 Å². The minimum atomic E-state index is -0.0342. The summed E-state index contributed by atoms with van der Waals surface area (Å²) in [6.07, 6.45) is 1.89. The van der Waals surface area contributed by atoms with E-state index in [1.54, 1.807) is 13.0 Å². The molecule has 1 heterocycles. The van der Waals surface area contributed by atoms with Crippen molar-refractivity contribution < 1.29 is 4.79 Å². The van der Waals surface area contributed by atoms with Gasteiger partial charge in [-0.3, -0.25) is 4.79 Å². The number of carbonyl (C=O) groups excluding carboxylic acids is 1. The van der Waals surface area contributed by atoms with E-state index in [-0.39, 0.29) is 5.91 Å². The summed E-state index contributed by atoms with van der Waals surface area (Å²) in [5, 5.41) is 2.64. The van der Waals surface area contributed by atoms with Crippen molar-refractivity contribution in [2.75, 3.05) is 5.32 Å². The van der Waals surface area contributed by atoms with Crippen LogP contribution >= 0.6 is 0 Å². The molecule has 0 aromatic carbocycles. The lowest BCUT2D eigenvalue weighted by Gasteiger charge is -2.01. The van der Waals surface area contributed by atoms with Crippen LogP contribution in [0.25, 0.3) is 0 Å². The van der Waals surface area contributed by atoms with E-state index in [9.17, 15) is 4.79 Å². The molecule has 12 heavy (non-hydrogen) atoms. The van der Waals surface area contributed by atoms with Gasteiger partial charge in [0.05, 0.1) is 0 Å². The van der Waals surface area contributed by atoms with Crippen molar-refractivity contribution in [1.82, 2.24) is 9.97 Å². The maximum Gasteiger partial charge on any atom is 0.225 e. The number of aromatic nitrogens is 2. The Kier molecular flexibility index (Phi) is 2.74. The zero-order valence-corrected chi connectivity index (χ0v) is 7.16. The van der Waals surface area contributed by atoms with Gasteiger partial charge >= 0.3 is 0 Å². The molecular weight excluding hydrogens is 154 g/mol. The molecule has 0 radical (unpaired) electrons. The minimum Gasteiger partial charge on any atom is -0.311 e. The van der Waals surface area contributed by atoms with Crippen LogP contribution in [-0.2, 0) is 4.79 Å². The first-order valence-electron chi connectivity index (χ1n) is 3.81. The monoisotopic (exact) mass is 165 g/mol. The minimum absolute atomic E-state index is 0.0342. The first kappa shape index (κ1) is 8.64. The molecule has 64 valence electrons. The number of hydrogen-bond acceptors (Lipinski definition) is 3. The summed E-state index contributed by atoms with van der Waals surface area (Å²) < 4.78 is 0. The average molecular weight is 165 g/mol. The Morgan fingerprint density at radius 2 is 2.33 bits per heavy atom. The number of hydrogen-bond donors (Lipinski definition) is 1. The molecule has 1 aromatic rings. The van der Waals surface area contributed by atoms with Crippen LogP contribution in [0.3, 0.4) is 0 Å². The Bertz CT molecular complexity index is 285. The molecule has 4 heteroatoms. The molecule has 0 unspecified atom stereocenters. The average Bonchev–Trinajstić information content (AvgIpc) is 2.04. The van der Waals surface area contributed by atoms with E-state index in [0.29, 0.717) is 12.2 Å².